The average Bonchev–Trinajstić information content (AvgIpc) is 3.14. The molecule has 0 aromatic carbocycles. The van der Waals surface area contributed by atoms with Crippen LogP contribution in [-0.2, 0) is 21.6 Å². The fraction of sp³-hybridized carbons (Fsp3) is 0.750. The molecule has 3 fully saturated rings. The highest BCUT2D eigenvalue weighted by molar-refractivity contribution is 7.93. The van der Waals surface area contributed by atoms with Crippen LogP contribution < -0.4 is 0 Å². The first-order valence-electron chi connectivity index (χ1n) is 8.50. The average molecular weight is 353 g/mol. The van der Waals surface area contributed by atoms with E-state index >= 15 is 0 Å². The molecule has 132 valence electrons. The first-order chi connectivity index (χ1) is 11.4. The van der Waals surface area contributed by atoms with Gasteiger partial charge in [-0.1, -0.05) is 0 Å². The van der Waals surface area contributed by atoms with E-state index in [0.717, 1.165) is 6.61 Å². The quantitative estimate of drug-likeness (QED) is 0.769. The zero-order valence-corrected chi connectivity index (χ0v) is 14.7. The van der Waals surface area contributed by atoms with Crippen LogP contribution in [0.1, 0.15) is 29.8 Å². The number of aromatic nitrogens is 2. The van der Waals surface area contributed by atoms with Gasteiger partial charge in [0.05, 0.1) is 12.4 Å². The van der Waals surface area contributed by atoms with Crippen molar-refractivity contribution in [1.82, 2.24) is 14.7 Å². The lowest BCUT2D eigenvalue weighted by atomic mass is 9.83. The molecule has 1 aliphatic carbocycles. The molecular weight excluding hydrogens is 330 g/mol. The molecule has 3 heterocycles. The Bertz CT molecular complexity index is 747. The van der Waals surface area contributed by atoms with Crippen molar-refractivity contribution in [2.45, 2.75) is 24.0 Å². The third-order valence-corrected chi connectivity index (χ3v) is 8.21. The van der Waals surface area contributed by atoms with Crippen molar-refractivity contribution in [3.05, 3.63) is 18.0 Å². The Morgan fingerprint density at radius 1 is 1.33 bits per heavy atom. The summed E-state index contributed by atoms with van der Waals surface area (Å²) in [7, 11) is -1.42. The number of hydrogen-bond donors (Lipinski definition) is 0. The van der Waals surface area contributed by atoms with Crippen LogP contribution >= 0.6 is 0 Å². The Morgan fingerprint density at radius 2 is 2.08 bits per heavy atom. The summed E-state index contributed by atoms with van der Waals surface area (Å²) in [5, 5.41) is 4.11. The maximum absolute atomic E-state index is 12.6. The van der Waals surface area contributed by atoms with Crippen molar-refractivity contribution in [2.24, 2.45) is 18.9 Å². The van der Waals surface area contributed by atoms with Crippen LogP contribution in [0.3, 0.4) is 0 Å². The van der Waals surface area contributed by atoms with Gasteiger partial charge in [-0.25, -0.2) is 8.42 Å². The van der Waals surface area contributed by atoms with Gasteiger partial charge in [-0.2, -0.15) is 5.10 Å². The van der Waals surface area contributed by atoms with E-state index in [1.165, 1.54) is 12.8 Å². The van der Waals surface area contributed by atoms with E-state index < -0.39 is 14.6 Å². The van der Waals surface area contributed by atoms with E-state index in [9.17, 15) is 13.2 Å². The molecule has 8 heteroatoms. The van der Waals surface area contributed by atoms with Crippen LogP contribution in [-0.4, -0.2) is 65.8 Å². The van der Waals surface area contributed by atoms with Crippen molar-refractivity contribution < 1.29 is 17.9 Å². The molecule has 1 aromatic heterocycles. The molecule has 2 aliphatic heterocycles. The molecule has 1 atom stereocenters. The number of ether oxygens (including phenoxy) is 1. The van der Waals surface area contributed by atoms with Gasteiger partial charge < -0.3 is 9.64 Å². The molecule has 0 bridgehead atoms. The van der Waals surface area contributed by atoms with Crippen molar-refractivity contribution in [3.8, 4) is 0 Å². The largest absolute Gasteiger partial charge is 0.381 e. The van der Waals surface area contributed by atoms with Crippen molar-refractivity contribution >= 4 is 15.7 Å². The monoisotopic (exact) mass is 353 g/mol. The van der Waals surface area contributed by atoms with E-state index in [1.807, 2.05) is 0 Å². The smallest absolute Gasteiger partial charge is 0.274 e. The van der Waals surface area contributed by atoms with Crippen molar-refractivity contribution in [3.63, 3.8) is 0 Å². The fourth-order valence-corrected chi connectivity index (χ4v) is 6.20. The minimum atomic E-state index is -3.18. The van der Waals surface area contributed by atoms with Gasteiger partial charge in [0.2, 0.25) is 0 Å². The van der Waals surface area contributed by atoms with Crippen LogP contribution in [0.5, 0.6) is 0 Å². The number of sulfone groups is 1. The number of rotatable bonds is 5. The van der Waals surface area contributed by atoms with Gasteiger partial charge in [-0.05, 0) is 31.2 Å². The van der Waals surface area contributed by atoms with Crippen molar-refractivity contribution in [1.29, 1.82) is 0 Å². The molecule has 1 amide bonds. The van der Waals surface area contributed by atoms with Gasteiger partial charge in [0.25, 0.3) is 5.91 Å². The summed E-state index contributed by atoms with van der Waals surface area (Å²) in [5.74, 6) is 0.674. The SMILES string of the molecule is Cn1ccc(C(=O)N2CC3(C2)C(COCC2CC2)CCS3(=O)=O)n1. The molecule has 1 spiro atoms. The van der Waals surface area contributed by atoms with E-state index in [0.29, 0.717) is 24.6 Å². The summed E-state index contributed by atoms with van der Waals surface area (Å²) < 4.78 is 31.7. The minimum absolute atomic E-state index is 0.00553. The van der Waals surface area contributed by atoms with E-state index in [1.54, 1.807) is 28.9 Å². The lowest BCUT2D eigenvalue weighted by Crippen LogP contribution is -2.68. The highest BCUT2D eigenvalue weighted by Crippen LogP contribution is 2.45. The van der Waals surface area contributed by atoms with Crippen molar-refractivity contribution in [2.75, 3.05) is 32.1 Å². The standard InChI is InChI=1S/C16H23N3O4S/c1-18-6-4-14(17-18)15(20)19-10-16(11-19)13(5-7-24(16,21)22)9-23-8-12-2-3-12/h4,6,12-13H,2-3,5,7-11H2,1H3. The minimum Gasteiger partial charge on any atom is -0.381 e. The predicted molar refractivity (Wildman–Crippen MR) is 87.3 cm³/mol. The Kier molecular flexibility index (Phi) is 3.72. The molecule has 1 saturated carbocycles. The molecule has 2 saturated heterocycles. The fourth-order valence-electron chi connectivity index (χ4n) is 3.80. The van der Waals surface area contributed by atoms with Gasteiger partial charge in [-0.15, -0.1) is 0 Å². The third kappa shape index (κ3) is 2.56. The molecular formula is C16H23N3O4S. The number of aryl methyl sites for hydroxylation is 1. The molecule has 0 N–H and O–H groups in total. The molecule has 24 heavy (non-hydrogen) atoms. The number of likely N-dealkylation sites (tertiary alicyclic amines) is 1. The number of amides is 1. The lowest BCUT2D eigenvalue weighted by Gasteiger charge is -2.49. The van der Waals surface area contributed by atoms with E-state index in [2.05, 4.69) is 5.10 Å². The number of nitrogens with zero attached hydrogens (tertiary/aromatic N) is 3. The summed E-state index contributed by atoms with van der Waals surface area (Å²) in [6.45, 7) is 1.76. The Labute approximate surface area is 141 Å². The Morgan fingerprint density at radius 3 is 2.71 bits per heavy atom. The summed E-state index contributed by atoms with van der Waals surface area (Å²) in [6, 6.07) is 1.66. The molecule has 1 aromatic rings. The van der Waals surface area contributed by atoms with Gasteiger partial charge >= 0.3 is 0 Å². The van der Waals surface area contributed by atoms with Crippen LogP contribution in [0, 0.1) is 11.8 Å². The zero-order chi connectivity index (χ0) is 16.9. The van der Waals surface area contributed by atoms with Crippen LogP contribution in [0.2, 0.25) is 0 Å². The second-order valence-electron chi connectivity index (χ2n) is 7.39. The Balaban J connectivity index is 1.43. The summed E-state index contributed by atoms with van der Waals surface area (Å²) in [5.41, 5.74) is 0.365. The van der Waals surface area contributed by atoms with E-state index in [-0.39, 0.29) is 30.7 Å². The predicted octanol–water partition coefficient (Wildman–Crippen LogP) is 0.476. The summed E-state index contributed by atoms with van der Waals surface area (Å²) >= 11 is 0. The van der Waals surface area contributed by atoms with Crippen LogP contribution in [0.4, 0.5) is 0 Å². The van der Waals surface area contributed by atoms with Gasteiger partial charge in [0.15, 0.2) is 9.84 Å². The number of carbonyl (C=O) groups excluding carboxylic acids is 1. The molecule has 0 radical (unpaired) electrons. The highest BCUT2D eigenvalue weighted by atomic mass is 32.2. The molecule has 3 aliphatic rings. The molecule has 1 unspecified atom stereocenters. The lowest BCUT2D eigenvalue weighted by molar-refractivity contribution is 0.0224. The molecule has 4 rings (SSSR count). The van der Waals surface area contributed by atoms with E-state index in [4.69, 9.17) is 4.74 Å². The zero-order valence-electron chi connectivity index (χ0n) is 13.8. The summed E-state index contributed by atoms with van der Waals surface area (Å²) in [4.78, 5) is 14.0. The maximum Gasteiger partial charge on any atom is 0.274 e. The van der Waals surface area contributed by atoms with Gasteiger partial charge in [0.1, 0.15) is 10.4 Å². The third-order valence-electron chi connectivity index (χ3n) is 5.60. The van der Waals surface area contributed by atoms with Crippen LogP contribution in [0.25, 0.3) is 0 Å². The molecule has 7 nitrogen and oxygen atoms in total. The number of carbonyl (C=O) groups is 1. The Hall–Kier alpha value is -1.41. The first-order valence-corrected chi connectivity index (χ1v) is 10.2. The number of hydrogen-bond acceptors (Lipinski definition) is 5. The maximum atomic E-state index is 12.6. The first kappa shape index (κ1) is 16.1. The summed E-state index contributed by atoms with van der Waals surface area (Å²) in [6.07, 6.45) is 4.79. The van der Waals surface area contributed by atoms with Gasteiger partial charge in [-0.3, -0.25) is 9.48 Å². The highest BCUT2D eigenvalue weighted by Gasteiger charge is 2.62. The topological polar surface area (TPSA) is 81.5 Å². The normalized spacial score (nSPS) is 27.4. The van der Waals surface area contributed by atoms with Crippen LogP contribution in [0.15, 0.2) is 12.3 Å². The second kappa shape index (κ2) is 5.56. The second-order valence-corrected chi connectivity index (χ2v) is 9.84. The van der Waals surface area contributed by atoms with Gasteiger partial charge in [0, 0.05) is 38.9 Å².